The van der Waals surface area contributed by atoms with E-state index in [0.29, 0.717) is 0 Å². The quantitative estimate of drug-likeness (QED) is 0.586. The summed E-state index contributed by atoms with van der Waals surface area (Å²) >= 11 is 0. The van der Waals surface area contributed by atoms with Gasteiger partial charge in [0.05, 0.1) is 0 Å². The maximum atomic E-state index is 2.66. The molecule has 3 heteroatoms. The van der Waals surface area contributed by atoms with E-state index < -0.39 is 23.3 Å². The summed E-state index contributed by atoms with van der Waals surface area (Å²) in [5, 5.41) is 1.23. The Bertz CT molecular complexity index is 188. The molecule has 1 heterocycles. The SMILES string of the molecule is C[Si](C)(C)[C@H]1C[Si](C)(C)[Si]1(C)C. The molecule has 0 radical (unpaired) electrons. The molecule has 0 aromatic heterocycles. The van der Waals surface area contributed by atoms with Gasteiger partial charge in [-0.25, -0.2) is 0 Å². The minimum Gasteiger partial charge on any atom is -0.0713 e. The number of rotatable bonds is 1. The molecule has 0 spiro atoms. The highest BCUT2D eigenvalue weighted by molar-refractivity contribution is 7.48. The van der Waals surface area contributed by atoms with Crippen molar-refractivity contribution in [3.8, 4) is 0 Å². The zero-order valence-corrected chi connectivity index (χ0v) is 12.8. The van der Waals surface area contributed by atoms with Crippen LogP contribution in [0.2, 0.25) is 57.0 Å². The molecule has 1 fully saturated rings. The molecule has 0 unspecified atom stereocenters. The first kappa shape index (κ1) is 10.7. The van der Waals surface area contributed by atoms with Crippen LogP contribution in [0.4, 0.5) is 0 Å². The topological polar surface area (TPSA) is 0 Å². The Hall–Kier alpha value is 0.651. The van der Waals surface area contributed by atoms with Crippen LogP contribution in [0.1, 0.15) is 0 Å². The molecule has 0 bridgehead atoms. The average Bonchev–Trinajstić information content (AvgIpc) is 1.81. The Balaban J connectivity index is 2.80. The lowest BCUT2D eigenvalue weighted by Gasteiger charge is -2.60. The van der Waals surface area contributed by atoms with Gasteiger partial charge in [-0.15, -0.1) is 0 Å². The van der Waals surface area contributed by atoms with E-state index in [0.717, 1.165) is 0 Å². The molecule has 0 N–H and O–H groups in total. The third-order valence-corrected chi connectivity index (χ3v) is 32.1. The standard InChI is InChI=1S/C9H24Si3/c1-10(2,3)9-8-11(4,5)12(9,6)7/h9H,8H2,1-7H3/t9-/m1/s1. The van der Waals surface area contributed by atoms with Gasteiger partial charge in [0, 0.05) is 23.3 Å². The second-order valence-corrected chi connectivity index (χ2v) is 29.0. The molecule has 0 amide bonds. The summed E-state index contributed by atoms with van der Waals surface area (Å²) in [6.45, 7) is 18.3. The maximum absolute atomic E-state index is 2.66. The monoisotopic (exact) mass is 216 g/mol. The highest BCUT2D eigenvalue weighted by Gasteiger charge is 2.60. The lowest BCUT2D eigenvalue weighted by atomic mass is 10.9. The molecule has 1 aliphatic heterocycles. The molecule has 0 aromatic carbocycles. The number of hydrogen-bond donors (Lipinski definition) is 0. The lowest BCUT2D eigenvalue weighted by Crippen LogP contribution is -2.72. The van der Waals surface area contributed by atoms with Crippen molar-refractivity contribution in [2.45, 2.75) is 57.0 Å². The van der Waals surface area contributed by atoms with Gasteiger partial charge in [-0.3, -0.25) is 0 Å². The molecule has 12 heavy (non-hydrogen) atoms. The summed E-state index contributed by atoms with van der Waals surface area (Å²) in [4.78, 5) is 0. The Morgan fingerprint density at radius 3 is 1.50 bits per heavy atom. The van der Waals surface area contributed by atoms with Crippen molar-refractivity contribution in [3.63, 3.8) is 0 Å². The minimum atomic E-state index is -0.802. The first-order valence-electron chi connectivity index (χ1n) is 5.09. The molecule has 0 nitrogen and oxygen atoms in total. The van der Waals surface area contributed by atoms with Crippen LogP contribution in [0.15, 0.2) is 0 Å². The van der Waals surface area contributed by atoms with Crippen molar-refractivity contribution >= 4 is 23.3 Å². The molecule has 1 rings (SSSR count). The van der Waals surface area contributed by atoms with Gasteiger partial charge in [-0.1, -0.05) is 57.0 Å². The van der Waals surface area contributed by atoms with E-state index in [9.17, 15) is 0 Å². The van der Waals surface area contributed by atoms with Crippen molar-refractivity contribution in [3.05, 3.63) is 0 Å². The summed E-state index contributed by atoms with van der Waals surface area (Å²) in [5.74, 6) is 0. The fourth-order valence-corrected chi connectivity index (χ4v) is 33.2. The van der Waals surface area contributed by atoms with Crippen molar-refractivity contribution in [1.29, 1.82) is 0 Å². The van der Waals surface area contributed by atoms with Gasteiger partial charge in [0.15, 0.2) is 0 Å². The molecular formula is C9H24Si3. The zero-order chi connectivity index (χ0) is 9.78. The summed E-state index contributed by atoms with van der Waals surface area (Å²) in [7, 11) is -2.22. The average molecular weight is 217 g/mol. The van der Waals surface area contributed by atoms with Crippen molar-refractivity contribution in [1.82, 2.24) is 0 Å². The first-order valence-corrected chi connectivity index (χ1v) is 16.0. The largest absolute Gasteiger partial charge is 0.0713 e. The van der Waals surface area contributed by atoms with Crippen LogP contribution in [-0.4, -0.2) is 23.3 Å². The van der Waals surface area contributed by atoms with Crippen LogP contribution < -0.4 is 0 Å². The van der Waals surface area contributed by atoms with Gasteiger partial charge >= 0.3 is 0 Å². The fraction of sp³-hybridized carbons (Fsp3) is 1.00. The highest BCUT2D eigenvalue weighted by atomic mass is 29.3. The van der Waals surface area contributed by atoms with E-state index in [1.807, 2.05) is 0 Å². The Labute approximate surface area is 80.6 Å². The second-order valence-electron chi connectivity index (χ2n) is 6.73. The maximum Gasteiger partial charge on any atom is 0.0442 e. The fourth-order valence-electron chi connectivity index (χ4n) is 2.76. The van der Waals surface area contributed by atoms with Gasteiger partial charge in [0.1, 0.15) is 0 Å². The van der Waals surface area contributed by atoms with Crippen LogP contribution in [-0.2, 0) is 0 Å². The lowest BCUT2D eigenvalue weighted by molar-refractivity contribution is 1.09. The van der Waals surface area contributed by atoms with Crippen LogP contribution >= 0.6 is 0 Å². The van der Waals surface area contributed by atoms with Gasteiger partial charge in [0.2, 0.25) is 0 Å². The second kappa shape index (κ2) is 2.58. The third kappa shape index (κ3) is 1.40. The van der Waals surface area contributed by atoms with Gasteiger partial charge in [-0.2, -0.15) is 0 Å². The van der Waals surface area contributed by atoms with Gasteiger partial charge in [-0.05, 0) is 0 Å². The molecule has 1 saturated heterocycles. The molecule has 1 atom stereocenters. The van der Waals surface area contributed by atoms with E-state index in [1.54, 1.807) is 6.04 Å². The minimum absolute atomic E-state index is 0.678. The Morgan fingerprint density at radius 1 is 1.00 bits per heavy atom. The summed E-state index contributed by atoms with van der Waals surface area (Å²) < 4.78 is 0. The molecule has 0 aromatic rings. The van der Waals surface area contributed by atoms with Crippen LogP contribution in [0.3, 0.4) is 0 Å². The van der Waals surface area contributed by atoms with E-state index in [-0.39, 0.29) is 0 Å². The molecule has 1 aliphatic rings. The normalized spacial score (nSPS) is 32.8. The van der Waals surface area contributed by atoms with Crippen LogP contribution in [0.25, 0.3) is 0 Å². The predicted molar refractivity (Wildman–Crippen MR) is 66.9 cm³/mol. The van der Waals surface area contributed by atoms with E-state index >= 15 is 0 Å². The van der Waals surface area contributed by atoms with E-state index in [1.165, 1.54) is 5.16 Å². The third-order valence-electron chi connectivity index (χ3n) is 4.38. The van der Waals surface area contributed by atoms with Crippen molar-refractivity contribution < 1.29 is 0 Å². The molecule has 0 saturated carbocycles. The van der Waals surface area contributed by atoms with E-state index in [2.05, 4.69) is 45.8 Å². The van der Waals surface area contributed by atoms with Gasteiger partial charge < -0.3 is 0 Å². The Morgan fingerprint density at radius 2 is 1.42 bits per heavy atom. The zero-order valence-electron chi connectivity index (χ0n) is 9.78. The molecule has 72 valence electrons. The number of hydrogen-bond acceptors (Lipinski definition) is 0. The van der Waals surface area contributed by atoms with Crippen LogP contribution in [0, 0.1) is 0 Å². The first-order chi connectivity index (χ1) is 5.09. The van der Waals surface area contributed by atoms with Crippen LogP contribution in [0.5, 0.6) is 0 Å². The summed E-state index contributed by atoms with van der Waals surface area (Å²) in [6, 6.07) is 1.65. The predicted octanol–water partition coefficient (Wildman–Crippen LogP) is 3.74. The Kier molecular flexibility index (Phi) is 2.30. The smallest absolute Gasteiger partial charge is 0.0442 e. The molecule has 0 aliphatic carbocycles. The van der Waals surface area contributed by atoms with E-state index in [4.69, 9.17) is 0 Å². The summed E-state index contributed by atoms with van der Waals surface area (Å²) in [6.07, 6.45) is 0. The summed E-state index contributed by atoms with van der Waals surface area (Å²) in [5.41, 5.74) is 0. The van der Waals surface area contributed by atoms with Crippen molar-refractivity contribution in [2.75, 3.05) is 0 Å². The molecular weight excluding hydrogens is 192 g/mol. The van der Waals surface area contributed by atoms with Crippen molar-refractivity contribution in [2.24, 2.45) is 0 Å². The highest BCUT2D eigenvalue weighted by Crippen LogP contribution is 2.53. The van der Waals surface area contributed by atoms with Gasteiger partial charge in [0.25, 0.3) is 0 Å².